The second kappa shape index (κ2) is 8.56. The van der Waals surface area contributed by atoms with Crippen molar-refractivity contribution < 1.29 is 18.8 Å². The summed E-state index contributed by atoms with van der Waals surface area (Å²) >= 11 is 12.0. The largest absolute Gasteiger partial charge is 0.452 e. The average Bonchev–Trinajstić information content (AvgIpc) is 2.94. The molecule has 0 fully saturated rings. The lowest BCUT2D eigenvalue weighted by atomic mass is 10.1. The normalized spacial score (nSPS) is 12.1. The van der Waals surface area contributed by atoms with E-state index in [1.165, 1.54) is 0 Å². The Balaban J connectivity index is 1.96. The molecular formula is C18H20Cl2N2O4. The molecule has 1 amide bonds. The van der Waals surface area contributed by atoms with Crippen molar-refractivity contribution in [1.82, 2.24) is 10.5 Å². The summed E-state index contributed by atoms with van der Waals surface area (Å²) in [4.78, 5) is 24.4. The smallest absolute Gasteiger partial charge is 0.344 e. The van der Waals surface area contributed by atoms with E-state index in [1.807, 2.05) is 13.8 Å². The summed E-state index contributed by atoms with van der Waals surface area (Å²) in [5.74, 6) is -0.675. The fourth-order valence-corrected chi connectivity index (χ4v) is 3.02. The van der Waals surface area contributed by atoms with Gasteiger partial charge in [-0.15, -0.1) is 0 Å². The SMILES string of the molecule is Cc1noc(C(C)C)c1C(=O)OCC(=O)NC(C)c1ccc(Cl)cc1Cl. The number of carbonyl (C=O) groups is 2. The van der Waals surface area contributed by atoms with Gasteiger partial charge in [0.15, 0.2) is 12.4 Å². The number of amides is 1. The maximum Gasteiger partial charge on any atom is 0.344 e. The Morgan fingerprint density at radius 1 is 1.27 bits per heavy atom. The number of halogens is 2. The van der Waals surface area contributed by atoms with Crippen molar-refractivity contribution in [3.05, 3.63) is 50.8 Å². The van der Waals surface area contributed by atoms with Crippen LogP contribution >= 0.6 is 23.2 Å². The highest BCUT2D eigenvalue weighted by molar-refractivity contribution is 6.35. The fraction of sp³-hybridized carbons (Fsp3) is 0.389. The molecule has 2 rings (SSSR count). The maximum absolute atomic E-state index is 12.3. The van der Waals surface area contributed by atoms with Crippen LogP contribution in [0.4, 0.5) is 0 Å². The molecule has 8 heteroatoms. The van der Waals surface area contributed by atoms with Crippen molar-refractivity contribution in [3.63, 3.8) is 0 Å². The zero-order valence-electron chi connectivity index (χ0n) is 14.9. The highest BCUT2D eigenvalue weighted by atomic mass is 35.5. The molecule has 26 heavy (non-hydrogen) atoms. The van der Waals surface area contributed by atoms with Gasteiger partial charge in [-0.1, -0.05) is 48.3 Å². The van der Waals surface area contributed by atoms with Crippen LogP contribution in [0, 0.1) is 6.92 Å². The molecule has 1 unspecified atom stereocenters. The Morgan fingerprint density at radius 2 is 1.96 bits per heavy atom. The van der Waals surface area contributed by atoms with E-state index in [0.717, 1.165) is 0 Å². The quantitative estimate of drug-likeness (QED) is 0.726. The minimum absolute atomic E-state index is 0.0281. The molecule has 1 aromatic carbocycles. The van der Waals surface area contributed by atoms with Crippen LogP contribution < -0.4 is 5.32 Å². The molecule has 0 saturated carbocycles. The van der Waals surface area contributed by atoms with Crippen LogP contribution in [0.2, 0.25) is 10.0 Å². The van der Waals surface area contributed by atoms with Gasteiger partial charge in [-0.25, -0.2) is 4.79 Å². The molecule has 0 spiro atoms. The number of esters is 1. The Hall–Kier alpha value is -2.05. The van der Waals surface area contributed by atoms with Crippen LogP contribution in [0.15, 0.2) is 22.7 Å². The minimum atomic E-state index is -0.639. The average molecular weight is 399 g/mol. The molecule has 0 aliphatic heterocycles. The monoisotopic (exact) mass is 398 g/mol. The second-order valence-corrected chi connectivity index (χ2v) is 7.04. The molecule has 0 radical (unpaired) electrons. The van der Waals surface area contributed by atoms with Gasteiger partial charge < -0.3 is 14.6 Å². The van der Waals surface area contributed by atoms with Gasteiger partial charge in [0.05, 0.1) is 11.7 Å². The molecular weight excluding hydrogens is 379 g/mol. The molecule has 6 nitrogen and oxygen atoms in total. The minimum Gasteiger partial charge on any atom is -0.452 e. The number of aryl methyl sites for hydroxylation is 1. The Morgan fingerprint density at radius 3 is 2.58 bits per heavy atom. The highest BCUT2D eigenvalue weighted by Gasteiger charge is 2.24. The van der Waals surface area contributed by atoms with Crippen LogP contribution in [0.1, 0.15) is 60.1 Å². The predicted octanol–water partition coefficient (Wildman–Crippen LogP) is 4.45. The number of hydrogen-bond acceptors (Lipinski definition) is 5. The van der Waals surface area contributed by atoms with E-state index in [4.69, 9.17) is 32.5 Å². The number of aromatic nitrogens is 1. The third-order valence-electron chi connectivity index (χ3n) is 3.76. The molecule has 1 N–H and O–H groups in total. The lowest BCUT2D eigenvalue weighted by molar-refractivity contribution is -0.124. The van der Waals surface area contributed by atoms with E-state index in [9.17, 15) is 9.59 Å². The van der Waals surface area contributed by atoms with Crippen molar-refractivity contribution >= 4 is 35.1 Å². The van der Waals surface area contributed by atoms with Crippen LogP contribution in [-0.2, 0) is 9.53 Å². The first-order valence-corrected chi connectivity index (χ1v) is 8.83. The van der Waals surface area contributed by atoms with Gasteiger partial charge >= 0.3 is 5.97 Å². The van der Waals surface area contributed by atoms with Crippen LogP contribution in [0.3, 0.4) is 0 Å². The van der Waals surface area contributed by atoms with E-state index in [1.54, 1.807) is 32.0 Å². The molecule has 1 heterocycles. The highest BCUT2D eigenvalue weighted by Crippen LogP contribution is 2.26. The van der Waals surface area contributed by atoms with Crippen molar-refractivity contribution in [2.45, 2.75) is 39.7 Å². The van der Waals surface area contributed by atoms with Gasteiger partial charge in [0.2, 0.25) is 0 Å². The number of rotatable bonds is 6. The van der Waals surface area contributed by atoms with Gasteiger partial charge in [-0.05, 0) is 31.5 Å². The lowest BCUT2D eigenvalue weighted by Gasteiger charge is -2.16. The molecule has 140 valence electrons. The predicted molar refractivity (Wildman–Crippen MR) is 98.6 cm³/mol. The number of benzene rings is 1. The maximum atomic E-state index is 12.3. The lowest BCUT2D eigenvalue weighted by Crippen LogP contribution is -2.31. The first kappa shape index (κ1) is 20.3. The summed E-state index contributed by atoms with van der Waals surface area (Å²) in [6.45, 7) is 6.75. The van der Waals surface area contributed by atoms with E-state index in [0.29, 0.717) is 27.1 Å². The zero-order valence-corrected chi connectivity index (χ0v) is 16.4. The first-order chi connectivity index (χ1) is 12.2. The van der Waals surface area contributed by atoms with Gasteiger partial charge in [0.25, 0.3) is 5.91 Å². The van der Waals surface area contributed by atoms with E-state index < -0.39 is 18.5 Å². The van der Waals surface area contributed by atoms with E-state index in [2.05, 4.69) is 10.5 Å². The van der Waals surface area contributed by atoms with Crippen LogP contribution in [0.5, 0.6) is 0 Å². The van der Waals surface area contributed by atoms with E-state index in [-0.39, 0.29) is 17.5 Å². The molecule has 0 aliphatic carbocycles. The third-order valence-corrected chi connectivity index (χ3v) is 4.32. The Bertz CT molecular complexity index is 818. The third kappa shape index (κ3) is 4.77. The summed E-state index contributed by atoms with van der Waals surface area (Å²) in [7, 11) is 0. The zero-order chi connectivity index (χ0) is 19.4. The van der Waals surface area contributed by atoms with Crippen molar-refractivity contribution in [2.24, 2.45) is 0 Å². The fourth-order valence-electron chi connectivity index (χ4n) is 2.45. The van der Waals surface area contributed by atoms with Crippen molar-refractivity contribution in [2.75, 3.05) is 6.61 Å². The summed E-state index contributed by atoms with van der Waals surface area (Å²) < 4.78 is 10.3. The molecule has 0 aliphatic rings. The van der Waals surface area contributed by atoms with Gasteiger partial charge in [0.1, 0.15) is 5.56 Å². The number of hydrogen-bond donors (Lipinski definition) is 1. The first-order valence-electron chi connectivity index (χ1n) is 8.08. The number of ether oxygens (including phenoxy) is 1. The number of nitrogens with one attached hydrogen (secondary N) is 1. The van der Waals surface area contributed by atoms with Crippen LogP contribution in [0.25, 0.3) is 0 Å². The summed E-state index contributed by atoms with van der Waals surface area (Å²) in [6, 6.07) is 4.66. The Kier molecular flexibility index (Phi) is 6.67. The topological polar surface area (TPSA) is 81.4 Å². The molecule has 0 saturated heterocycles. The standard InChI is InChI=1S/C18H20Cl2N2O4/c1-9(2)17-16(11(4)22-26-17)18(24)25-8-15(23)21-10(3)13-6-5-12(19)7-14(13)20/h5-7,9-10H,8H2,1-4H3,(H,21,23). The molecule has 0 bridgehead atoms. The van der Waals surface area contributed by atoms with Gasteiger partial charge in [-0.3, -0.25) is 4.79 Å². The van der Waals surface area contributed by atoms with Crippen LogP contribution in [-0.4, -0.2) is 23.6 Å². The van der Waals surface area contributed by atoms with Gasteiger partial charge in [0, 0.05) is 16.0 Å². The molecule has 2 aromatic rings. The number of carbonyl (C=O) groups excluding carboxylic acids is 2. The summed E-state index contributed by atoms with van der Waals surface area (Å²) in [5, 5.41) is 7.47. The summed E-state index contributed by atoms with van der Waals surface area (Å²) in [6.07, 6.45) is 0. The van der Waals surface area contributed by atoms with Crippen molar-refractivity contribution in [3.8, 4) is 0 Å². The molecule has 1 atom stereocenters. The Labute approximate surface area is 161 Å². The van der Waals surface area contributed by atoms with Crippen molar-refractivity contribution in [1.29, 1.82) is 0 Å². The summed E-state index contributed by atoms with van der Waals surface area (Å²) in [5.41, 5.74) is 1.41. The molecule has 1 aromatic heterocycles. The number of nitrogens with zero attached hydrogens (tertiary/aromatic N) is 1. The van der Waals surface area contributed by atoms with Gasteiger partial charge in [-0.2, -0.15) is 0 Å². The van der Waals surface area contributed by atoms with E-state index >= 15 is 0 Å². The second-order valence-electron chi connectivity index (χ2n) is 6.19.